The highest BCUT2D eigenvalue weighted by Gasteiger charge is 2.65. The van der Waals surface area contributed by atoms with Gasteiger partial charge in [-0.15, -0.1) is 0 Å². The van der Waals surface area contributed by atoms with Gasteiger partial charge in [0.25, 0.3) is 0 Å². The first-order chi connectivity index (χ1) is 12.4. The van der Waals surface area contributed by atoms with E-state index in [4.69, 9.17) is 14.2 Å². The summed E-state index contributed by atoms with van der Waals surface area (Å²) >= 11 is 0. The van der Waals surface area contributed by atoms with Crippen LogP contribution in [0.3, 0.4) is 0 Å². The van der Waals surface area contributed by atoms with E-state index in [1.807, 2.05) is 0 Å². The van der Waals surface area contributed by atoms with Gasteiger partial charge in [0.2, 0.25) is 0 Å². The van der Waals surface area contributed by atoms with Gasteiger partial charge >= 0.3 is 5.97 Å². The fourth-order valence-corrected chi connectivity index (χ4v) is 6.88. The lowest BCUT2D eigenvalue weighted by atomic mass is 9.53. The van der Waals surface area contributed by atoms with E-state index in [1.165, 1.54) is 19.3 Å². The molecule has 0 N–H and O–H groups in total. The van der Waals surface area contributed by atoms with Gasteiger partial charge in [0.15, 0.2) is 0 Å². The Hall–Kier alpha value is -0.650. The van der Waals surface area contributed by atoms with Crippen LogP contribution in [0.4, 0.5) is 0 Å². The summed E-state index contributed by atoms with van der Waals surface area (Å²) in [7, 11) is 0. The third kappa shape index (κ3) is 2.73. The first kappa shape index (κ1) is 17.4. The van der Waals surface area contributed by atoms with Gasteiger partial charge in [0.1, 0.15) is 6.10 Å². The summed E-state index contributed by atoms with van der Waals surface area (Å²) in [6, 6.07) is 0. The molecule has 0 aromatic carbocycles. The Morgan fingerprint density at radius 1 is 1.19 bits per heavy atom. The largest absolute Gasteiger partial charge is 0.462 e. The van der Waals surface area contributed by atoms with E-state index in [2.05, 4.69) is 25.7 Å². The van der Waals surface area contributed by atoms with Crippen LogP contribution < -0.4 is 0 Å². The normalized spacial score (nSPS) is 53.9. The molecular weight excluding hydrogens is 330 g/mol. The Bertz CT molecular complexity index is 581. The Kier molecular flexibility index (Phi) is 3.97. The summed E-state index contributed by atoms with van der Waals surface area (Å²) in [5, 5.41) is 0. The van der Waals surface area contributed by atoms with E-state index in [9.17, 15) is 4.79 Å². The van der Waals surface area contributed by atoms with Crippen molar-refractivity contribution in [1.29, 1.82) is 0 Å². The minimum Gasteiger partial charge on any atom is -0.462 e. The van der Waals surface area contributed by atoms with Crippen LogP contribution in [0, 0.1) is 23.2 Å². The molecule has 5 aliphatic rings. The average molecular weight is 363 g/mol. The van der Waals surface area contributed by atoms with Crippen LogP contribution in [0.15, 0.2) is 0 Å². The Labute approximate surface area is 156 Å². The first-order valence-corrected chi connectivity index (χ1v) is 10.6. The molecule has 0 aromatic rings. The number of fused-ring (bicyclic) bond motifs is 3. The van der Waals surface area contributed by atoms with Gasteiger partial charge in [0, 0.05) is 25.6 Å². The summed E-state index contributed by atoms with van der Waals surface area (Å²) in [6.07, 6.45) is 6.46. The Balaban J connectivity index is 1.34. The molecule has 26 heavy (non-hydrogen) atoms. The van der Waals surface area contributed by atoms with Crippen molar-refractivity contribution in [2.75, 3.05) is 26.2 Å². The van der Waals surface area contributed by atoms with E-state index in [0.717, 1.165) is 39.1 Å². The molecule has 5 rings (SSSR count). The van der Waals surface area contributed by atoms with Crippen molar-refractivity contribution in [1.82, 2.24) is 4.90 Å². The number of esters is 1. The summed E-state index contributed by atoms with van der Waals surface area (Å²) in [6.45, 7) is 10.3. The zero-order valence-electron chi connectivity index (χ0n) is 16.4. The standard InChI is InChI=1S/C21H33NO4/c1-13-9-22(10-14(2)25-13)11-16-15-7-18-20(3,8-17(15)26-19(16)23)5-4-6-21(18)12-24-21/h13-18H,4-12H2,1-3H3/t13-,14-,15+,16+,17+,18+,20+,21+/m0/s1. The van der Waals surface area contributed by atoms with Crippen LogP contribution in [0.25, 0.3) is 0 Å². The second-order valence-corrected chi connectivity index (χ2v) is 10.1. The van der Waals surface area contributed by atoms with E-state index >= 15 is 0 Å². The lowest BCUT2D eigenvalue weighted by Gasteiger charge is -2.51. The molecule has 5 fully saturated rings. The maximum Gasteiger partial charge on any atom is 0.310 e. The lowest BCUT2D eigenvalue weighted by Crippen LogP contribution is -2.52. The van der Waals surface area contributed by atoms with Crippen LogP contribution in [0.5, 0.6) is 0 Å². The molecule has 5 nitrogen and oxygen atoms in total. The number of hydrogen-bond acceptors (Lipinski definition) is 5. The monoisotopic (exact) mass is 363 g/mol. The topological polar surface area (TPSA) is 51.3 Å². The van der Waals surface area contributed by atoms with E-state index in [-0.39, 0.29) is 41.2 Å². The van der Waals surface area contributed by atoms with Crippen molar-refractivity contribution in [2.45, 2.75) is 76.8 Å². The molecule has 0 amide bonds. The van der Waals surface area contributed by atoms with Crippen LogP contribution in [0.1, 0.15) is 52.9 Å². The Morgan fingerprint density at radius 2 is 1.92 bits per heavy atom. The molecule has 0 bridgehead atoms. The molecular formula is C21H33NO4. The predicted molar refractivity (Wildman–Crippen MR) is 96.7 cm³/mol. The number of carbonyl (C=O) groups excluding carboxylic acids is 1. The van der Waals surface area contributed by atoms with Crippen molar-refractivity contribution < 1.29 is 19.0 Å². The minimum atomic E-state index is 0.0276. The molecule has 2 saturated carbocycles. The number of ether oxygens (including phenoxy) is 3. The van der Waals surface area contributed by atoms with Crippen LogP contribution in [-0.4, -0.2) is 61.0 Å². The van der Waals surface area contributed by atoms with E-state index in [0.29, 0.717) is 11.8 Å². The minimum absolute atomic E-state index is 0.0276. The van der Waals surface area contributed by atoms with Crippen molar-refractivity contribution in [2.24, 2.45) is 23.2 Å². The zero-order chi connectivity index (χ0) is 18.1. The van der Waals surface area contributed by atoms with Crippen molar-refractivity contribution in [3.05, 3.63) is 0 Å². The SMILES string of the molecule is C[C@H]1CN(C[C@H]2C(=O)O[C@@H]3C[C@@]4(C)CCC[C@@]5(CO5)[C@@H]4C[C@@H]32)C[C@H](C)O1. The third-order valence-corrected chi connectivity index (χ3v) is 8.03. The zero-order valence-corrected chi connectivity index (χ0v) is 16.4. The molecule has 0 aromatic heterocycles. The molecule has 1 spiro atoms. The van der Waals surface area contributed by atoms with Crippen LogP contribution in [-0.2, 0) is 19.0 Å². The summed E-state index contributed by atoms with van der Waals surface area (Å²) < 4.78 is 17.8. The van der Waals surface area contributed by atoms with Gasteiger partial charge in [-0.05, 0) is 57.3 Å². The second kappa shape index (κ2) is 5.92. The highest BCUT2D eigenvalue weighted by Crippen LogP contribution is 2.62. The van der Waals surface area contributed by atoms with Crippen molar-refractivity contribution >= 4 is 5.97 Å². The first-order valence-electron chi connectivity index (χ1n) is 10.6. The van der Waals surface area contributed by atoms with Crippen LogP contribution in [0.2, 0.25) is 0 Å². The number of epoxide rings is 1. The third-order valence-electron chi connectivity index (χ3n) is 8.03. The molecule has 3 aliphatic heterocycles. The summed E-state index contributed by atoms with van der Waals surface area (Å²) in [5.74, 6) is 1.04. The van der Waals surface area contributed by atoms with Gasteiger partial charge in [0.05, 0.1) is 30.3 Å². The van der Waals surface area contributed by atoms with Crippen LogP contribution >= 0.6 is 0 Å². The van der Waals surface area contributed by atoms with Gasteiger partial charge < -0.3 is 14.2 Å². The lowest BCUT2D eigenvalue weighted by molar-refractivity contribution is -0.147. The second-order valence-electron chi connectivity index (χ2n) is 10.1. The highest BCUT2D eigenvalue weighted by molar-refractivity contribution is 5.75. The summed E-state index contributed by atoms with van der Waals surface area (Å²) in [4.78, 5) is 15.2. The number of morpholine rings is 1. The number of hydrogen-bond donors (Lipinski definition) is 0. The molecule has 8 atom stereocenters. The maximum atomic E-state index is 12.8. The molecule has 2 aliphatic carbocycles. The molecule has 146 valence electrons. The van der Waals surface area contributed by atoms with Gasteiger partial charge in [-0.3, -0.25) is 9.69 Å². The molecule has 5 heteroatoms. The Morgan fingerprint density at radius 3 is 2.62 bits per heavy atom. The van der Waals surface area contributed by atoms with Gasteiger partial charge in [-0.1, -0.05) is 6.92 Å². The average Bonchev–Trinajstić information content (AvgIpc) is 3.25. The van der Waals surface area contributed by atoms with E-state index < -0.39 is 0 Å². The van der Waals surface area contributed by atoms with Crippen molar-refractivity contribution in [3.8, 4) is 0 Å². The predicted octanol–water partition coefficient (Wildman–Crippen LogP) is 2.62. The molecule has 0 radical (unpaired) electrons. The molecule has 0 unspecified atom stereocenters. The fraction of sp³-hybridized carbons (Fsp3) is 0.952. The molecule has 3 heterocycles. The smallest absolute Gasteiger partial charge is 0.310 e. The van der Waals surface area contributed by atoms with Crippen molar-refractivity contribution in [3.63, 3.8) is 0 Å². The summed E-state index contributed by atoms with van der Waals surface area (Å²) in [5.41, 5.74) is 0.420. The highest BCUT2D eigenvalue weighted by atomic mass is 16.6. The maximum absolute atomic E-state index is 12.8. The number of carbonyl (C=O) groups is 1. The van der Waals surface area contributed by atoms with Gasteiger partial charge in [-0.25, -0.2) is 0 Å². The molecule has 3 saturated heterocycles. The van der Waals surface area contributed by atoms with Gasteiger partial charge in [-0.2, -0.15) is 0 Å². The van der Waals surface area contributed by atoms with E-state index in [1.54, 1.807) is 0 Å². The number of nitrogens with zero attached hydrogens (tertiary/aromatic N) is 1. The number of rotatable bonds is 2. The quantitative estimate of drug-likeness (QED) is 0.558. The fourth-order valence-electron chi connectivity index (χ4n) is 6.88.